The van der Waals surface area contributed by atoms with Crippen molar-refractivity contribution in [3.63, 3.8) is 0 Å². The van der Waals surface area contributed by atoms with E-state index in [1.54, 1.807) is 0 Å². The van der Waals surface area contributed by atoms with Crippen LogP contribution in [-0.4, -0.2) is 38.7 Å². The van der Waals surface area contributed by atoms with Gasteiger partial charge in [0.25, 0.3) is 5.91 Å². The van der Waals surface area contributed by atoms with Gasteiger partial charge in [0.2, 0.25) is 0 Å². The molecular weight excluding hydrogens is 345 g/mol. The van der Waals surface area contributed by atoms with E-state index in [0.29, 0.717) is 5.75 Å². The number of hydrogen-bond acceptors (Lipinski definition) is 6. The Kier molecular flexibility index (Phi) is 6.26. The number of methoxy groups -OCH3 is 2. The van der Waals surface area contributed by atoms with Gasteiger partial charge >= 0.3 is 11.9 Å². The van der Waals surface area contributed by atoms with Crippen molar-refractivity contribution >= 4 is 23.5 Å². The predicted molar refractivity (Wildman–Crippen MR) is 89.6 cm³/mol. The Morgan fingerprint density at radius 1 is 0.923 bits per heavy atom. The number of anilines is 1. The van der Waals surface area contributed by atoms with Gasteiger partial charge in [0.1, 0.15) is 11.6 Å². The molecule has 2 aromatic rings. The average Bonchev–Trinajstić information content (AvgIpc) is 2.65. The van der Waals surface area contributed by atoms with Crippen LogP contribution >= 0.6 is 0 Å². The molecule has 8 heteroatoms. The van der Waals surface area contributed by atoms with Crippen LogP contribution in [0, 0.1) is 5.82 Å². The monoisotopic (exact) mass is 361 g/mol. The molecule has 0 aliphatic rings. The number of amides is 1. The maximum atomic E-state index is 12.8. The molecule has 0 saturated heterocycles. The summed E-state index contributed by atoms with van der Waals surface area (Å²) in [6.45, 7) is -0.346. The summed E-state index contributed by atoms with van der Waals surface area (Å²) in [6.07, 6.45) is 0. The molecule has 26 heavy (non-hydrogen) atoms. The van der Waals surface area contributed by atoms with Gasteiger partial charge in [-0.2, -0.15) is 0 Å². The Morgan fingerprint density at radius 3 is 1.96 bits per heavy atom. The molecule has 136 valence electrons. The summed E-state index contributed by atoms with van der Waals surface area (Å²) in [5.74, 6) is -1.98. The molecule has 0 unspecified atom stereocenters. The van der Waals surface area contributed by atoms with Crippen molar-refractivity contribution in [1.29, 1.82) is 0 Å². The van der Waals surface area contributed by atoms with Crippen LogP contribution in [0.25, 0.3) is 0 Å². The molecule has 0 fully saturated rings. The largest absolute Gasteiger partial charge is 0.484 e. The van der Waals surface area contributed by atoms with Crippen molar-refractivity contribution in [1.82, 2.24) is 0 Å². The standard InChI is InChI=1S/C18H16FNO6/c1-24-17(22)11-7-12(18(23)25-2)9-14(8-11)20-16(21)10-26-15-5-3-13(19)4-6-15/h3-9H,10H2,1-2H3,(H,20,21). The number of nitrogens with one attached hydrogen (secondary N) is 1. The Bertz CT molecular complexity index is 785. The smallest absolute Gasteiger partial charge is 0.337 e. The molecule has 0 bridgehead atoms. The fourth-order valence-electron chi connectivity index (χ4n) is 2.05. The molecule has 0 aliphatic heterocycles. The summed E-state index contributed by atoms with van der Waals surface area (Å²) in [4.78, 5) is 35.4. The van der Waals surface area contributed by atoms with Crippen molar-refractivity contribution in [3.8, 4) is 5.75 Å². The van der Waals surface area contributed by atoms with Crippen LogP contribution in [0.5, 0.6) is 5.75 Å². The van der Waals surface area contributed by atoms with Gasteiger partial charge in [-0.3, -0.25) is 4.79 Å². The molecule has 2 rings (SSSR count). The summed E-state index contributed by atoms with van der Waals surface area (Å²) in [6, 6.07) is 9.18. The lowest BCUT2D eigenvalue weighted by molar-refractivity contribution is -0.118. The van der Waals surface area contributed by atoms with Gasteiger partial charge in [-0.1, -0.05) is 0 Å². The number of halogens is 1. The van der Waals surface area contributed by atoms with Gasteiger partial charge in [0.05, 0.1) is 25.3 Å². The summed E-state index contributed by atoms with van der Waals surface area (Å²) in [5, 5.41) is 2.51. The third-order valence-corrected chi connectivity index (χ3v) is 3.24. The van der Waals surface area contributed by atoms with Crippen LogP contribution < -0.4 is 10.1 Å². The second kappa shape index (κ2) is 8.61. The third-order valence-electron chi connectivity index (χ3n) is 3.24. The maximum Gasteiger partial charge on any atom is 0.337 e. The molecule has 0 radical (unpaired) electrons. The van der Waals surface area contributed by atoms with Crippen LogP contribution in [0.2, 0.25) is 0 Å². The van der Waals surface area contributed by atoms with Crippen molar-refractivity contribution < 1.29 is 33.0 Å². The van der Waals surface area contributed by atoms with Gasteiger partial charge in [-0.25, -0.2) is 14.0 Å². The predicted octanol–water partition coefficient (Wildman–Crippen LogP) is 2.42. The van der Waals surface area contributed by atoms with Crippen LogP contribution in [0.4, 0.5) is 10.1 Å². The minimum absolute atomic E-state index is 0.0742. The normalized spacial score (nSPS) is 9.96. The van der Waals surface area contributed by atoms with Crippen molar-refractivity contribution in [2.24, 2.45) is 0 Å². The quantitative estimate of drug-likeness (QED) is 0.795. The first-order valence-corrected chi connectivity index (χ1v) is 7.43. The van der Waals surface area contributed by atoms with E-state index in [-0.39, 0.29) is 23.4 Å². The zero-order chi connectivity index (χ0) is 19.1. The van der Waals surface area contributed by atoms with Crippen molar-refractivity contribution in [3.05, 3.63) is 59.4 Å². The highest BCUT2D eigenvalue weighted by atomic mass is 19.1. The second-order valence-corrected chi connectivity index (χ2v) is 5.07. The molecule has 0 spiro atoms. The number of hydrogen-bond donors (Lipinski definition) is 1. The van der Waals surface area contributed by atoms with Crippen LogP contribution in [0.15, 0.2) is 42.5 Å². The summed E-state index contributed by atoms with van der Waals surface area (Å²) in [7, 11) is 2.39. The van der Waals surface area contributed by atoms with E-state index in [0.717, 1.165) is 0 Å². The highest BCUT2D eigenvalue weighted by Crippen LogP contribution is 2.17. The van der Waals surface area contributed by atoms with Gasteiger partial charge in [-0.15, -0.1) is 0 Å². The fraction of sp³-hybridized carbons (Fsp3) is 0.167. The van der Waals surface area contributed by atoms with Gasteiger partial charge in [0.15, 0.2) is 6.61 Å². The highest BCUT2D eigenvalue weighted by Gasteiger charge is 2.15. The van der Waals surface area contributed by atoms with Gasteiger partial charge in [-0.05, 0) is 42.5 Å². The summed E-state index contributed by atoms with van der Waals surface area (Å²) in [5.41, 5.74) is 0.344. The van der Waals surface area contributed by atoms with Crippen LogP contribution in [-0.2, 0) is 14.3 Å². The first-order chi connectivity index (χ1) is 12.4. The maximum absolute atomic E-state index is 12.8. The molecule has 0 aromatic heterocycles. The van der Waals surface area contributed by atoms with E-state index in [1.165, 1.54) is 56.7 Å². The number of esters is 2. The molecule has 2 aromatic carbocycles. The molecule has 0 heterocycles. The van der Waals surface area contributed by atoms with Crippen molar-refractivity contribution in [2.75, 3.05) is 26.1 Å². The Balaban J connectivity index is 2.11. The van der Waals surface area contributed by atoms with Gasteiger partial charge < -0.3 is 19.5 Å². The minimum atomic E-state index is -0.672. The lowest BCUT2D eigenvalue weighted by atomic mass is 10.1. The highest BCUT2D eigenvalue weighted by molar-refractivity contribution is 5.99. The zero-order valence-electron chi connectivity index (χ0n) is 14.1. The van der Waals surface area contributed by atoms with E-state index in [9.17, 15) is 18.8 Å². The molecule has 1 N–H and O–H groups in total. The first kappa shape index (κ1) is 18.9. The minimum Gasteiger partial charge on any atom is -0.484 e. The zero-order valence-corrected chi connectivity index (χ0v) is 14.1. The summed E-state index contributed by atoms with van der Waals surface area (Å²) >= 11 is 0. The molecule has 0 atom stereocenters. The molecular formula is C18H16FNO6. The molecule has 0 saturated carbocycles. The molecule has 0 aliphatic carbocycles. The fourth-order valence-corrected chi connectivity index (χ4v) is 2.05. The molecule has 7 nitrogen and oxygen atoms in total. The van der Waals surface area contributed by atoms with E-state index < -0.39 is 23.7 Å². The number of carbonyl (C=O) groups excluding carboxylic acids is 3. The Hall–Kier alpha value is -3.42. The number of carbonyl (C=O) groups is 3. The first-order valence-electron chi connectivity index (χ1n) is 7.43. The van der Waals surface area contributed by atoms with E-state index >= 15 is 0 Å². The second-order valence-electron chi connectivity index (χ2n) is 5.07. The Morgan fingerprint density at radius 2 is 1.46 bits per heavy atom. The lowest BCUT2D eigenvalue weighted by Crippen LogP contribution is -2.21. The van der Waals surface area contributed by atoms with E-state index in [4.69, 9.17) is 4.74 Å². The summed E-state index contributed by atoms with van der Waals surface area (Å²) < 4.78 is 27.3. The lowest BCUT2D eigenvalue weighted by Gasteiger charge is -2.10. The van der Waals surface area contributed by atoms with Crippen molar-refractivity contribution in [2.45, 2.75) is 0 Å². The SMILES string of the molecule is COC(=O)c1cc(NC(=O)COc2ccc(F)cc2)cc(C(=O)OC)c1. The number of ether oxygens (including phenoxy) is 3. The Labute approximate surface area is 148 Å². The van der Waals surface area contributed by atoms with E-state index in [1.807, 2.05) is 0 Å². The average molecular weight is 361 g/mol. The number of benzene rings is 2. The molecule has 1 amide bonds. The van der Waals surface area contributed by atoms with Gasteiger partial charge in [0, 0.05) is 5.69 Å². The third kappa shape index (κ3) is 5.04. The van der Waals surface area contributed by atoms with E-state index in [2.05, 4.69) is 14.8 Å². The van der Waals surface area contributed by atoms with Crippen LogP contribution in [0.1, 0.15) is 20.7 Å². The number of rotatable bonds is 6. The topological polar surface area (TPSA) is 90.9 Å². The van der Waals surface area contributed by atoms with Crippen LogP contribution in [0.3, 0.4) is 0 Å².